The zero-order chi connectivity index (χ0) is 54.1. The number of anilines is 8. The van der Waals surface area contributed by atoms with E-state index in [2.05, 4.69) is 26.3 Å². The quantitative estimate of drug-likeness (QED) is 0.0575. The summed E-state index contributed by atoms with van der Waals surface area (Å²) in [5.74, 6) is 0.653. The maximum atomic E-state index is 13.6. The first-order chi connectivity index (χ1) is 37.4. The second kappa shape index (κ2) is 23.4. The summed E-state index contributed by atoms with van der Waals surface area (Å²) in [6.45, 7) is 4.00. The molecule has 14 nitrogen and oxygen atoms in total. The second-order valence-corrected chi connectivity index (χ2v) is 19.7. The van der Waals surface area contributed by atoms with Crippen LogP contribution in [0.3, 0.4) is 0 Å². The Labute approximate surface area is 454 Å². The van der Waals surface area contributed by atoms with Gasteiger partial charge in [0.1, 0.15) is 11.6 Å². The van der Waals surface area contributed by atoms with Crippen molar-refractivity contribution in [3.05, 3.63) is 234 Å². The number of nitrogens with zero attached hydrogens (tertiary/aromatic N) is 3. The second-order valence-electron chi connectivity index (χ2n) is 17.0. The fraction of sp³-hybridized carbons (Fsp3) is 0.0333. The van der Waals surface area contributed by atoms with Crippen molar-refractivity contribution >= 4 is 113 Å². The number of halogens is 2. The summed E-state index contributed by atoms with van der Waals surface area (Å²) in [7, 11) is -3.87. The predicted molar refractivity (Wildman–Crippen MR) is 314 cm³/mol. The highest BCUT2D eigenvalue weighted by atomic mass is 35.5. The number of nitrogen functional groups attached to an aromatic ring is 2. The van der Waals surface area contributed by atoms with Gasteiger partial charge in [0.25, 0.3) is 21.8 Å². The van der Waals surface area contributed by atoms with Crippen molar-refractivity contribution < 1.29 is 18.0 Å². The van der Waals surface area contributed by atoms with Gasteiger partial charge in [0, 0.05) is 85.1 Å². The van der Waals surface area contributed by atoms with Crippen LogP contribution in [0.2, 0.25) is 10.0 Å². The average molecular weight is 1080 g/mol. The number of H-pyrrole nitrogens is 1. The lowest BCUT2D eigenvalue weighted by Gasteiger charge is -2.11. The van der Waals surface area contributed by atoms with E-state index in [1.54, 1.807) is 128 Å². The highest BCUT2D eigenvalue weighted by Crippen LogP contribution is 2.37. The molecule has 11 aromatic rings. The van der Waals surface area contributed by atoms with E-state index in [0.717, 1.165) is 22.2 Å². The van der Waals surface area contributed by atoms with Crippen LogP contribution in [-0.4, -0.2) is 39.2 Å². The third kappa shape index (κ3) is 12.1. The number of carbonyl (C=O) groups excluding carboxylic acids is 2. The Kier molecular flexibility index (Phi) is 16.0. The molecule has 0 aliphatic rings. The van der Waals surface area contributed by atoms with Crippen LogP contribution < -0.4 is 32.7 Å². The van der Waals surface area contributed by atoms with Crippen LogP contribution in [0.4, 0.5) is 45.8 Å². The molecular weight excluding hydrogens is 1030 g/mol. The van der Waals surface area contributed by atoms with Gasteiger partial charge in [-0.3, -0.25) is 9.59 Å². The summed E-state index contributed by atoms with van der Waals surface area (Å²) in [6.07, 6.45) is 3.47. The zero-order valence-electron chi connectivity index (χ0n) is 41.5. The van der Waals surface area contributed by atoms with Gasteiger partial charge in [-0.15, -0.1) is 0 Å². The van der Waals surface area contributed by atoms with Gasteiger partial charge < -0.3 is 37.7 Å². The lowest BCUT2D eigenvalue weighted by Crippen LogP contribution is -2.12. The molecule has 0 fully saturated rings. The smallest absolute Gasteiger partial charge is 0.268 e. The first kappa shape index (κ1) is 52.5. The number of nitrogens with one attached hydrogen (secondary N) is 5. The van der Waals surface area contributed by atoms with E-state index in [0.29, 0.717) is 89.1 Å². The van der Waals surface area contributed by atoms with Crippen molar-refractivity contribution in [1.29, 1.82) is 0 Å². The molecule has 0 aliphatic heterocycles. The number of carbonyl (C=O) groups is 2. The molecule has 77 heavy (non-hydrogen) atoms. The highest BCUT2D eigenvalue weighted by Gasteiger charge is 2.23. The Bertz CT molecular complexity index is 4020. The van der Waals surface area contributed by atoms with Crippen molar-refractivity contribution in [2.24, 2.45) is 0 Å². The molecule has 0 radical (unpaired) electrons. The molecule has 2 amide bonds. The van der Waals surface area contributed by atoms with Gasteiger partial charge in [-0.05, 0) is 133 Å². The minimum absolute atomic E-state index is 0.176. The summed E-state index contributed by atoms with van der Waals surface area (Å²) in [5, 5.41) is 15.0. The number of benzene rings is 7. The van der Waals surface area contributed by atoms with Crippen molar-refractivity contribution in [1.82, 2.24) is 18.9 Å². The standard InChI is InChI=1S/C32H24ClN5O3S.C26H20ClN5O.C2H6/c33-28-17-18-30(35-23-7-6-8-24(19-23)36-32(39)21-13-15-22(34)16-14-21)37-31(28)27-20-38(29-12-5-4-11-26(27)29)42(40,41)25-9-2-1-3-10-25;27-22-12-13-24(32-25(22)21-15-29-23-7-2-1-6-20(21)23)30-18-4-3-5-19(14-18)31-26(33)16-8-10-17(28)11-9-16;1-2/h1-20H,34H2,(H,35,37)(H,36,39);1-15,29H,28H2,(H,30,32)(H,31,33);1-2H3. The first-order valence-corrected chi connectivity index (χ1v) is 26.4. The molecule has 7 aromatic carbocycles. The number of hydrogen-bond donors (Lipinski definition) is 7. The number of aromatic nitrogens is 4. The zero-order valence-corrected chi connectivity index (χ0v) is 43.8. The van der Waals surface area contributed by atoms with E-state index in [-0.39, 0.29) is 16.7 Å². The number of aromatic amines is 1. The number of nitrogens with two attached hydrogens (primary N) is 2. The average Bonchev–Trinajstić information content (AvgIpc) is 4.15. The van der Waals surface area contributed by atoms with E-state index >= 15 is 0 Å². The number of hydrogen-bond acceptors (Lipinski definition) is 10. The summed E-state index contributed by atoms with van der Waals surface area (Å²) in [6, 6.07) is 58.6. The van der Waals surface area contributed by atoms with Crippen molar-refractivity contribution in [3.63, 3.8) is 0 Å². The molecule has 0 saturated carbocycles. The van der Waals surface area contributed by atoms with Crippen molar-refractivity contribution in [2.75, 3.05) is 32.7 Å². The Morgan fingerprint density at radius 3 is 1.53 bits per heavy atom. The molecule has 11 rings (SSSR count). The van der Waals surface area contributed by atoms with Gasteiger partial charge in [0.2, 0.25) is 0 Å². The van der Waals surface area contributed by atoms with E-state index in [9.17, 15) is 18.0 Å². The van der Waals surface area contributed by atoms with Gasteiger partial charge in [0.05, 0.1) is 31.8 Å². The fourth-order valence-electron chi connectivity index (χ4n) is 8.23. The molecule has 4 aromatic heterocycles. The molecular formula is C60H50Cl2N10O4S. The van der Waals surface area contributed by atoms with Crippen LogP contribution in [0.5, 0.6) is 0 Å². The summed E-state index contributed by atoms with van der Waals surface area (Å²) >= 11 is 13.1. The Morgan fingerprint density at radius 2 is 0.987 bits per heavy atom. The Morgan fingerprint density at radius 1 is 0.519 bits per heavy atom. The first-order valence-electron chi connectivity index (χ1n) is 24.2. The Hall–Kier alpha value is -9.41. The molecule has 0 atom stereocenters. The van der Waals surface area contributed by atoms with Gasteiger partial charge >= 0.3 is 0 Å². The monoisotopic (exact) mass is 1080 g/mol. The van der Waals surface area contributed by atoms with Gasteiger partial charge in [-0.2, -0.15) is 0 Å². The molecule has 0 bridgehead atoms. The largest absolute Gasteiger partial charge is 0.399 e. The van der Waals surface area contributed by atoms with E-state index in [4.69, 9.17) is 44.6 Å². The lowest BCUT2D eigenvalue weighted by molar-refractivity contribution is 0.101. The number of amides is 2. The minimum atomic E-state index is -3.87. The van der Waals surface area contributed by atoms with Gasteiger partial charge in [-0.25, -0.2) is 22.4 Å². The SMILES string of the molecule is CC.Nc1ccc(C(=O)Nc2cccc(Nc3ccc(Cl)c(-c4c[nH]c5ccccc45)n3)c2)cc1.Nc1ccc(C(=O)Nc2cccc(Nc3ccc(Cl)c(-c4cn(S(=O)(=O)c5ccccc5)c5ccccc45)n3)c2)cc1. The van der Waals surface area contributed by atoms with Crippen molar-refractivity contribution in [3.8, 4) is 22.5 Å². The molecule has 384 valence electrons. The number of rotatable bonds is 12. The van der Waals surface area contributed by atoms with E-state index in [1.807, 2.05) is 98.9 Å². The maximum Gasteiger partial charge on any atom is 0.268 e. The Balaban J connectivity index is 0.000000187. The molecule has 4 heterocycles. The molecule has 17 heteroatoms. The van der Waals surface area contributed by atoms with Crippen LogP contribution in [0, 0.1) is 0 Å². The van der Waals surface area contributed by atoms with E-state index in [1.165, 1.54) is 3.97 Å². The molecule has 0 spiro atoms. The number of para-hydroxylation sites is 2. The predicted octanol–water partition coefficient (Wildman–Crippen LogP) is 14.7. The highest BCUT2D eigenvalue weighted by molar-refractivity contribution is 7.90. The maximum absolute atomic E-state index is 13.6. The molecule has 0 aliphatic carbocycles. The van der Waals surface area contributed by atoms with Crippen LogP contribution in [0.1, 0.15) is 34.6 Å². The van der Waals surface area contributed by atoms with Crippen LogP contribution in [-0.2, 0) is 10.0 Å². The van der Waals surface area contributed by atoms with Crippen LogP contribution in [0.15, 0.2) is 217 Å². The minimum Gasteiger partial charge on any atom is -0.399 e. The summed E-state index contributed by atoms with van der Waals surface area (Å²) < 4.78 is 28.4. The number of fused-ring (bicyclic) bond motifs is 2. The summed E-state index contributed by atoms with van der Waals surface area (Å²) in [5.41, 5.74) is 20.5. The third-order valence-corrected chi connectivity index (χ3v) is 14.2. The van der Waals surface area contributed by atoms with Crippen molar-refractivity contribution in [2.45, 2.75) is 18.7 Å². The van der Waals surface area contributed by atoms with Crippen LogP contribution >= 0.6 is 23.2 Å². The van der Waals surface area contributed by atoms with Crippen LogP contribution in [0.25, 0.3) is 44.3 Å². The molecule has 0 unspecified atom stereocenters. The number of pyridine rings is 2. The lowest BCUT2D eigenvalue weighted by atomic mass is 10.1. The third-order valence-electron chi connectivity index (χ3n) is 11.9. The fourth-order valence-corrected chi connectivity index (χ4v) is 10.0. The van der Waals surface area contributed by atoms with Gasteiger partial charge in [0.15, 0.2) is 0 Å². The molecule has 9 N–H and O–H groups in total. The van der Waals surface area contributed by atoms with E-state index < -0.39 is 10.0 Å². The topological polar surface area (TPSA) is 215 Å². The summed E-state index contributed by atoms with van der Waals surface area (Å²) in [4.78, 5) is 38.1. The molecule has 0 saturated heterocycles. The van der Waals surface area contributed by atoms with Gasteiger partial charge in [-0.1, -0.05) is 104 Å². The normalized spacial score (nSPS) is 10.9.